The summed E-state index contributed by atoms with van der Waals surface area (Å²) >= 11 is 11.2. The van der Waals surface area contributed by atoms with Crippen LogP contribution in [0.2, 0.25) is 5.02 Å². The van der Waals surface area contributed by atoms with Gasteiger partial charge in [0.1, 0.15) is 0 Å². The molecule has 0 aliphatic heterocycles. The van der Waals surface area contributed by atoms with Gasteiger partial charge in [0.2, 0.25) is 0 Å². The Morgan fingerprint density at radius 2 is 1.70 bits per heavy atom. The van der Waals surface area contributed by atoms with E-state index in [2.05, 4.69) is 27.5 Å². The minimum Gasteiger partial charge on any atom is -0.362 e. The fraction of sp³-hybridized carbons (Fsp3) is 0.136. The van der Waals surface area contributed by atoms with Crippen molar-refractivity contribution in [1.82, 2.24) is 5.32 Å². The third-order valence-electron chi connectivity index (χ3n) is 4.41. The lowest BCUT2D eigenvalue weighted by atomic mass is 10.1. The van der Waals surface area contributed by atoms with Crippen LogP contribution in [0.3, 0.4) is 0 Å². The van der Waals surface area contributed by atoms with Crippen molar-refractivity contribution in [1.29, 1.82) is 0 Å². The van der Waals surface area contributed by atoms with E-state index in [1.807, 2.05) is 25.1 Å². The summed E-state index contributed by atoms with van der Waals surface area (Å²) in [5.74, 6) is 0. The number of thiocarbonyl (C=S) groups is 1. The number of hydrogen-bond acceptors (Lipinski definition) is 3. The highest BCUT2D eigenvalue weighted by molar-refractivity contribution is 7.92. The largest absolute Gasteiger partial charge is 0.362 e. The molecule has 0 radical (unpaired) electrons. The Labute approximate surface area is 187 Å². The summed E-state index contributed by atoms with van der Waals surface area (Å²) in [7, 11) is -3.75. The molecule has 3 aromatic carbocycles. The van der Waals surface area contributed by atoms with Crippen LogP contribution >= 0.6 is 23.8 Å². The molecule has 0 saturated heterocycles. The lowest BCUT2D eigenvalue weighted by Gasteiger charge is -2.15. The van der Waals surface area contributed by atoms with Crippen molar-refractivity contribution in [2.75, 3.05) is 16.6 Å². The maximum absolute atomic E-state index is 12.7. The molecule has 0 aliphatic rings. The number of halogens is 1. The molecular formula is C22H22ClN3O2S2. The lowest BCUT2D eigenvalue weighted by molar-refractivity contribution is 0.601. The minimum absolute atomic E-state index is 0.137. The molecule has 30 heavy (non-hydrogen) atoms. The Hall–Kier alpha value is -2.61. The number of anilines is 2. The Balaban J connectivity index is 1.65. The number of nitrogens with one attached hydrogen (secondary N) is 3. The Morgan fingerprint density at radius 1 is 1.00 bits per heavy atom. The third-order valence-corrected chi connectivity index (χ3v) is 6.28. The summed E-state index contributed by atoms with van der Waals surface area (Å²) in [5, 5.41) is 7.22. The first kappa shape index (κ1) is 22.1. The van der Waals surface area contributed by atoms with E-state index in [0.29, 0.717) is 28.1 Å². The molecule has 0 aliphatic carbocycles. The number of hydrogen-bond donors (Lipinski definition) is 3. The van der Waals surface area contributed by atoms with Gasteiger partial charge >= 0.3 is 0 Å². The molecular weight excluding hydrogens is 438 g/mol. The van der Waals surface area contributed by atoms with Crippen LogP contribution in [0.15, 0.2) is 77.7 Å². The van der Waals surface area contributed by atoms with Gasteiger partial charge in [0, 0.05) is 22.9 Å². The lowest BCUT2D eigenvalue weighted by Crippen LogP contribution is -2.30. The summed E-state index contributed by atoms with van der Waals surface area (Å²) in [6.45, 7) is 2.56. The fourth-order valence-corrected chi connectivity index (χ4v) is 4.19. The molecule has 3 aromatic rings. The monoisotopic (exact) mass is 459 g/mol. The molecule has 0 unspecified atom stereocenters. The molecule has 0 aromatic heterocycles. The second-order valence-corrected chi connectivity index (χ2v) is 9.23. The van der Waals surface area contributed by atoms with Crippen molar-refractivity contribution in [2.45, 2.75) is 18.2 Å². The van der Waals surface area contributed by atoms with Crippen molar-refractivity contribution in [2.24, 2.45) is 0 Å². The molecule has 0 amide bonds. The molecule has 0 bridgehead atoms. The Morgan fingerprint density at radius 3 is 2.40 bits per heavy atom. The SMILES string of the molecule is Cc1ccc(S(=O)(=O)Nc2ccc(Cl)cc2)cc1NC(=S)NCCc1ccccc1. The number of aryl methyl sites for hydroxylation is 1. The first-order valence-corrected chi connectivity index (χ1v) is 11.6. The molecule has 0 saturated carbocycles. The standard InChI is InChI=1S/C22H22ClN3O2S2/c1-16-7-12-20(30(27,28)26-19-10-8-18(23)9-11-19)15-21(16)25-22(29)24-14-13-17-5-3-2-4-6-17/h2-12,15,26H,13-14H2,1H3,(H2,24,25,29). The van der Waals surface area contributed by atoms with Gasteiger partial charge in [-0.25, -0.2) is 8.42 Å². The molecule has 156 valence electrons. The van der Waals surface area contributed by atoms with E-state index in [0.717, 1.165) is 12.0 Å². The van der Waals surface area contributed by atoms with Crippen LogP contribution in [-0.4, -0.2) is 20.1 Å². The second kappa shape index (κ2) is 9.93. The van der Waals surface area contributed by atoms with E-state index in [1.54, 1.807) is 42.5 Å². The van der Waals surface area contributed by atoms with Gasteiger partial charge in [-0.1, -0.05) is 48.0 Å². The molecule has 5 nitrogen and oxygen atoms in total. The van der Waals surface area contributed by atoms with E-state index in [9.17, 15) is 8.42 Å². The highest BCUT2D eigenvalue weighted by Crippen LogP contribution is 2.23. The Kier molecular flexibility index (Phi) is 7.31. The highest BCUT2D eigenvalue weighted by atomic mass is 35.5. The number of rotatable bonds is 7. The summed E-state index contributed by atoms with van der Waals surface area (Å²) in [5.41, 5.74) is 3.16. The summed E-state index contributed by atoms with van der Waals surface area (Å²) in [6, 6.07) is 21.4. The second-order valence-electron chi connectivity index (χ2n) is 6.71. The van der Waals surface area contributed by atoms with Crippen LogP contribution in [0.4, 0.5) is 11.4 Å². The third kappa shape index (κ3) is 6.19. The first-order valence-electron chi connectivity index (χ1n) is 9.31. The number of sulfonamides is 1. The van der Waals surface area contributed by atoms with Crippen molar-refractivity contribution in [3.05, 3.63) is 88.9 Å². The predicted octanol–water partition coefficient (Wildman–Crippen LogP) is 4.98. The molecule has 3 rings (SSSR count). The molecule has 3 N–H and O–H groups in total. The van der Waals surface area contributed by atoms with E-state index in [-0.39, 0.29) is 4.90 Å². The zero-order valence-electron chi connectivity index (χ0n) is 16.4. The van der Waals surface area contributed by atoms with Crippen molar-refractivity contribution >= 4 is 50.3 Å². The van der Waals surface area contributed by atoms with E-state index >= 15 is 0 Å². The van der Waals surface area contributed by atoms with Crippen LogP contribution < -0.4 is 15.4 Å². The molecule has 0 atom stereocenters. The fourth-order valence-electron chi connectivity index (χ4n) is 2.77. The smallest absolute Gasteiger partial charge is 0.261 e. The van der Waals surface area contributed by atoms with Crippen molar-refractivity contribution in [3.8, 4) is 0 Å². The van der Waals surface area contributed by atoms with E-state index in [4.69, 9.17) is 23.8 Å². The van der Waals surface area contributed by atoms with Crippen molar-refractivity contribution < 1.29 is 8.42 Å². The zero-order valence-corrected chi connectivity index (χ0v) is 18.7. The highest BCUT2D eigenvalue weighted by Gasteiger charge is 2.16. The van der Waals surface area contributed by atoms with Crippen LogP contribution in [0.5, 0.6) is 0 Å². The van der Waals surface area contributed by atoms with Crippen LogP contribution in [0.25, 0.3) is 0 Å². The maximum Gasteiger partial charge on any atom is 0.261 e. The average Bonchev–Trinajstić information content (AvgIpc) is 2.72. The predicted molar refractivity (Wildman–Crippen MR) is 128 cm³/mol. The van der Waals surface area contributed by atoms with Gasteiger partial charge in [-0.2, -0.15) is 0 Å². The van der Waals surface area contributed by atoms with E-state index in [1.165, 1.54) is 5.56 Å². The quantitative estimate of drug-likeness (QED) is 0.435. The summed E-state index contributed by atoms with van der Waals surface area (Å²) in [6.07, 6.45) is 0.834. The van der Waals surface area contributed by atoms with E-state index < -0.39 is 10.0 Å². The molecule has 0 spiro atoms. The normalized spacial score (nSPS) is 11.0. The van der Waals surface area contributed by atoms with Gasteiger partial charge in [0.15, 0.2) is 5.11 Å². The van der Waals surface area contributed by atoms with Crippen LogP contribution in [0.1, 0.15) is 11.1 Å². The summed E-state index contributed by atoms with van der Waals surface area (Å²) in [4.78, 5) is 0.137. The van der Waals surface area contributed by atoms with Crippen LogP contribution in [-0.2, 0) is 16.4 Å². The molecule has 0 fully saturated rings. The van der Waals surface area contributed by atoms with Gasteiger partial charge in [0.25, 0.3) is 10.0 Å². The van der Waals surface area contributed by atoms with Crippen molar-refractivity contribution in [3.63, 3.8) is 0 Å². The first-order chi connectivity index (χ1) is 14.3. The zero-order chi connectivity index (χ0) is 21.6. The Bertz CT molecular complexity index is 1120. The minimum atomic E-state index is -3.75. The van der Waals surface area contributed by atoms with Gasteiger partial charge in [0.05, 0.1) is 4.90 Å². The van der Waals surface area contributed by atoms with Gasteiger partial charge < -0.3 is 10.6 Å². The molecule has 0 heterocycles. The van der Waals surface area contributed by atoms with Crippen LogP contribution in [0, 0.1) is 6.92 Å². The van der Waals surface area contributed by atoms with Gasteiger partial charge in [-0.3, -0.25) is 4.72 Å². The van der Waals surface area contributed by atoms with Gasteiger partial charge in [-0.15, -0.1) is 0 Å². The maximum atomic E-state index is 12.7. The molecule has 8 heteroatoms. The summed E-state index contributed by atoms with van der Waals surface area (Å²) < 4.78 is 28.0. The number of benzene rings is 3. The average molecular weight is 460 g/mol. The van der Waals surface area contributed by atoms with Gasteiger partial charge in [-0.05, 0) is 73.1 Å². The topological polar surface area (TPSA) is 70.2 Å².